The molecular weight excluding hydrogens is 665 g/mol. The van der Waals surface area contributed by atoms with E-state index < -0.39 is 5.41 Å². The third kappa shape index (κ3) is 4.82. The summed E-state index contributed by atoms with van der Waals surface area (Å²) in [6, 6.07) is 74.3. The molecule has 0 radical (unpaired) electrons. The average Bonchev–Trinajstić information content (AvgIpc) is 3.57. The van der Waals surface area contributed by atoms with Gasteiger partial charge in [-0.1, -0.05) is 170 Å². The Labute approximate surface area is 320 Å². The van der Waals surface area contributed by atoms with Crippen LogP contribution in [0.5, 0.6) is 0 Å². The van der Waals surface area contributed by atoms with E-state index in [2.05, 4.69) is 206 Å². The highest BCUT2D eigenvalue weighted by Gasteiger charge is 2.46. The molecule has 2 nitrogen and oxygen atoms in total. The van der Waals surface area contributed by atoms with Crippen molar-refractivity contribution in [2.45, 2.75) is 5.41 Å². The molecule has 0 bridgehead atoms. The Hall–Kier alpha value is -7.16. The van der Waals surface area contributed by atoms with Gasteiger partial charge in [0, 0.05) is 11.1 Å². The molecule has 0 aliphatic heterocycles. The summed E-state index contributed by atoms with van der Waals surface area (Å²) in [7, 11) is 0. The maximum Gasteiger partial charge on any atom is 0.0893 e. The number of fused-ring (bicyclic) bond motifs is 9. The number of aromatic nitrogens is 2. The lowest BCUT2D eigenvalue weighted by Crippen LogP contribution is -2.28. The van der Waals surface area contributed by atoms with Gasteiger partial charge in [0.2, 0.25) is 0 Å². The largest absolute Gasteiger partial charge is 0.246 e. The van der Waals surface area contributed by atoms with E-state index in [0.29, 0.717) is 0 Å². The zero-order valence-electron chi connectivity index (χ0n) is 30.0. The van der Waals surface area contributed by atoms with Crippen LogP contribution in [0.25, 0.3) is 77.3 Å². The van der Waals surface area contributed by atoms with E-state index in [1.165, 1.54) is 65.7 Å². The highest BCUT2D eigenvalue weighted by atomic mass is 14.8. The molecule has 2 heteroatoms. The maximum atomic E-state index is 5.28. The van der Waals surface area contributed by atoms with Gasteiger partial charge in [-0.2, -0.15) is 0 Å². The average molecular weight is 699 g/mol. The molecule has 1 aliphatic rings. The van der Waals surface area contributed by atoms with Crippen molar-refractivity contribution < 1.29 is 0 Å². The SMILES string of the molecule is c1ccc(C2(c3ccccc3)c3ccccc3-c3ccc(-c4cccc(-c5cccc(-c6ccc7c8ccccc8c8ccccc8c7c6)n5)n4)cc32)cc1. The first kappa shape index (κ1) is 31.4. The van der Waals surface area contributed by atoms with Crippen molar-refractivity contribution in [2.24, 2.45) is 0 Å². The highest BCUT2D eigenvalue weighted by molar-refractivity contribution is 6.25. The van der Waals surface area contributed by atoms with E-state index in [9.17, 15) is 0 Å². The topological polar surface area (TPSA) is 25.8 Å². The summed E-state index contributed by atoms with van der Waals surface area (Å²) in [5, 5.41) is 7.56. The van der Waals surface area contributed by atoms with E-state index in [-0.39, 0.29) is 0 Å². The molecule has 0 unspecified atom stereocenters. The van der Waals surface area contributed by atoms with Crippen molar-refractivity contribution >= 4 is 32.3 Å². The fraction of sp³-hybridized carbons (Fsp3) is 0.0189. The number of rotatable bonds is 5. The van der Waals surface area contributed by atoms with Gasteiger partial charge in [0.05, 0.1) is 28.2 Å². The van der Waals surface area contributed by atoms with Crippen LogP contribution in [0.3, 0.4) is 0 Å². The minimum absolute atomic E-state index is 0.463. The second kappa shape index (κ2) is 12.5. The lowest BCUT2D eigenvalue weighted by Gasteiger charge is -2.34. The Bertz CT molecular complexity index is 3020. The molecular formula is C53H34N2. The molecule has 11 rings (SSSR count). The van der Waals surface area contributed by atoms with E-state index in [1.807, 2.05) is 0 Å². The second-order valence-electron chi connectivity index (χ2n) is 14.5. The maximum absolute atomic E-state index is 5.28. The fourth-order valence-corrected chi connectivity index (χ4v) is 9.15. The number of benzene rings is 8. The predicted octanol–water partition coefficient (Wildman–Crippen LogP) is 13.3. The number of hydrogen-bond donors (Lipinski definition) is 0. The molecule has 0 spiro atoms. The van der Waals surface area contributed by atoms with Crippen molar-refractivity contribution in [1.82, 2.24) is 9.97 Å². The third-order valence-electron chi connectivity index (χ3n) is 11.6. The summed E-state index contributed by atoms with van der Waals surface area (Å²) in [6.45, 7) is 0. The fourth-order valence-electron chi connectivity index (χ4n) is 9.15. The van der Waals surface area contributed by atoms with E-state index >= 15 is 0 Å². The molecule has 1 aliphatic carbocycles. The van der Waals surface area contributed by atoms with Gasteiger partial charge < -0.3 is 0 Å². The number of nitrogens with zero attached hydrogens (tertiary/aromatic N) is 2. The molecule has 0 saturated carbocycles. The predicted molar refractivity (Wildman–Crippen MR) is 228 cm³/mol. The van der Waals surface area contributed by atoms with Crippen LogP contribution in [-0.4, -0.2) is 9.97 Å². The van der Waals surface area contributed by atoms with Gasteiger partial charge in [0.1, 0.15) is 0 Å². The van der Waals surface area contributed by atoms with Gasteiger partial charge in [-0.15, -0.1) is 0 Å². The van der Waals surface area contributed by atoms with Crippen molar-refractivity contribution in [3.63, 3.8) is 0 Å². The Balaban J connectivity index is 1.03. The summed E-state index contributed by atoms with van der Waals surface area (Å²) in [6.07, 6.45) is 0. The van der Waals surface area contributed by atoms with Crippen molar-refractivity contribution in [2.75, 3.05) is 0 Å². The smallest absolute Gasteiger partial charge is 0.0893 e. The minimum atomic E-state index is -0.463. The lowest BCUT2D eigenvalue weighted by molar-refractivity contribution is 0.768. The first-order chi connectivity index (χ1) is 27.3. The van der Waals surface area contributed by atoms with Gasteiger partial charge in [-0.05, 0) is 102 Å². The van der Waals surface area contributed by atoms with Crippen LogP contribution in [0.15, 0.2) is 206 Å². The summed E-state index contributed by atoms with van der Waals surface area (Å²) in [5.74, 6) is 0. The Kier molecular flexibility index (Phi) is 7.11. The van der Waals surface area contributed by atoms with Crippen LogP contribution in [0, 0.1) is 0 Å². The van der Waals surface area contributed by atoms with Crippen molar-refractivity contribution in [3.8, 4) is 45.0 Å². The summed E-state index contributed by atoms with van der Waals surface area (Å²) < 4.78 is 0. The molecule has 0 fully saturated rings. The van der Waals surface area contributed by atoms with Gasteiger partial charge in [0.15, 0.2) is 0 Å². The normalized spacial score (nSPS) is 12.9. The van der Waals surface area contributed by atoms with Crippen LogP contribution < -0.4 is 0 Å². The van der Waals surface area contributed by atoms with Crippen molar-refractivity contribution in [1.29, 1.82) is 0 Å². The van der Waals surface area contributed by atoms with Crippen LogP contribution >= 0.6 is 0 Å². The van der Waals surface area contributed by atoms with Crippen LogP contribution in [-0.2, 0) is 5.41 Å². The quantitative estimate of drug-likeness (QED) is 0.167. The number of pyridine rings is 2. The van der Waals surface area contributed by atoms with E-state index in [1.54, 1.807) is 0 Å². The van der Waals surface area contributed by atoms with Crippen LogP contribution in [0.2, 0.25) is 0 Å². The van der Waals surface area contributed by atoms with Crippen LogP contribution in [0.4, 0.5) is 0 Å². The van der Waals surface area contributed by atoms with E-state index in [0.717, 1.165) is 33.9 Å². The summed E-state index contributed by atoms with van der Waals surface area (Å²) >= 11 is 0. The first-order valence-corrected chi connectivity index (χ1v) is 18.9. The molecule has 2 heterocycles. The zero-order valence-corrected chi connectivity index (χ0v) is 30.0. The molecule has 2 aromatic heterocycles. The van der Waals surface area contributed by atoms with Gasteiger partial charge in [0.25, 0.3) is 0 Å². The molecule has 8 aromatic carbocycles. The lowest BCUT2D eigenvalue weighted by atomic mass is 9.67. The minimum Gasteiger partial charge on any atom is -0.246 e. The Morgan fingerprint density at radius 2 is 0.709 bits per heavy atom. The number of hydrogen-bond acceptors (Lipinski definition) is 2. The Morgan fingerprint density at radius 3 is 1.31 bits per heavy atom. The molecule has 256 valence electrons. The molecule has 0 amide bonds. The monoisotopic (exact) mass is 698 g/mol. The van der Waals surface area contributed by atoms with Gasteiger partial charge in [-0.25, -0.2) is 9.97 Å². The zero-order chi connectivity index (χ0) is 36.3. The molecule has 0 saturated heterocycles. The second-order valence-corrected chi connectivity index (χ2v) is 14.5. The standard InChI is InChI=1S/C53H34N2/c1-3-15-37(16-4-1)53(38-17-5-2-6-18-38)47-24-12-11-23-44(47)45-32-30-36(34-48(45)53)50-26-14-28-52(55-50)51-27-13-25-49(54-51)35-29-31-43-41-21-8-7-19-39(41)40-20-9-10-22-42(40)46(43)33-35/h1-34H. The summed E-state index contributed by atoms with van der Waals surface area (Å²) in [5.41, 5.74) is 12.8. The van der Waals surface area contributed by atoms with Crippen LogP contribution in [0.1, 0.15) is 22.3 Å². The first-order valence-electron chi connectivity index (χ1n) is 18.9. The molecule has 0 atom stereocenters. The highest BCUT2D eigenvalue weighted by Crippen LogP contribution is 2.56. The summed E-state index contributed by atoms with van der Waals surface area (Å²) in [4.78, 5) is 10.5. The third-order valence-corrected chi connectivity index (χ3v) is 11.6. The molecule has 55 heavy (non-hydrogen) atoms. The van der Waals surface area contributed by atoms with Gasteiger partial charge >= 0.3 is 0 Å². The molecule has 10 aromatic rings. The van der Waals surface area contributed by atoms with Crippen molar-refractivity contribution in [3.05, 3.63) is 229 Å². The molecule has 0 N–H and O–H groups in total. The van der Waals surface area contributed by atoms with E-state index in [4.69, 9.17) is 9.97 Å². The Morgan fingerprint density at radius 1 is 0.273 bits per heavy atom. The van der Waals surface area contributed by atoms with Gasteiger partial charge in [-0.3, -0.25) is 0 Å².